The predicted molar refractivity (Wildman–Crippen MR) is 63.1 cm³/mol. The zero-order valence-corrected chi connectivity index (χ0v) is 9.70. The molecule has 1 saturated carbocycles. The molecule has 0 saturated heterocycles. The molecule has 2 nitrogen and oxygen atoms in total. The number of Topliss-reactive ketones (excluding diaryl/α,β-unsaturated/α-hetero) is 1. The Morgan fingerprint density at radius 1 is 1.31 bits per heavy atom. The van der Waals surface area contributed by atoms with Gasteiger partial charge in [0.15, 0.2) is 0 Å². The first kappa shape index (κ1) is 10.0. The number of ketones is 1. The van der Waals surface area contributed by atoms with Crippen molar-refractivity contribution in [1.82, 2.24) is 4.90 Å². The molecular formula is C14H17NO. The topological polar surface area (TPSA) is 20.3 Å². The standard InChI is InChI=1S/C14H17NO/c1-10(16)6-11-2-3-12-8-15(14-4-5-14)9-13(12)7-11/h2-3,7,14H,4-6,8-9H2,1H3. The summed E-state index contributed by atoms with van der Waals surface area (Å²) in [5, 5.41) is 0. The van der Waals surface area contributed by atoms with Crippen molar-refractivity contribution in [3.8, 4) is 0 Å². The van der Waals surface area contributed by atoms with Crippen LogP contribution in [0.15, 0.2) is 18.2 Å². The highest BCUT2D eigenvalue weighted by molar-refractivity contribution is 5.78. The van der Waals surface area contributed by atoms with E-state index in [1.165, 1.54) is 29.5 Å². The first-order chi connectivity index (χ1) is 7.72. The van der Waals surface area contributed by atoms with Gasteiger partial charge in [-0.3, -0.25) is 9.69 Å². The van der Waals surface area contributed by atoms with E-state index in [1.54, 1.807) is 6.92 Å². The average molecular weight is 215 g/mol. The van der Waals surface area contributed by atoms with Gasteiger partial charge < -0.3 is 0 Å². The van der Waals surface area contributed by atoms with E-state index in [-0.39, 0.29) is 5.78 Å². The molecule has 1 aliphatic carbocycles. The fourth-order valence-corrected chi connectivity index (χ4v) is 2.57. The average Bonchev–Trinajstić information content (AvgIpc) is 2.98. The van der Waals surface area contributed by atoms with Crippen LogP contribution >= 0.6 is 0 Å². The van der Waals surface area contributed by atoms with Crippen molar-refractivity contribution < 1.29 is 4.79 Å². The SMILES string of the molecule is CC(=O)Cc1ccc2c(c1)CN(C1CC1)C2. The van der Waals surface area contributed by atoms with Gasteiger partial charge in [-0.05, 0) is 36.5 Å². The Balaban J connectivity index is 1.79. The molecule has 0 atom stereocenters. The van der Waals surface area contributed by atoms with Crippen LogP contribution in [0, 0.1) is 0 Å². The molecule has 1 fully saturated rings. The van der Waals surface area contributed by atoms with E-state index < -0.39 is 0 Å². The summed E-state index contributed by atoms with van der Waals surface area (Å²) >= 11 is 0. The molecule has 0 spiro atoms. The molecule has 3 rings (SSSR count). The number of nitrogens with zero attached hydrogens (tertiary/aromatic N) is 1. The summed E-state index contributed by atoms with van der Waals surface area (Å²) in [7, 11) is 0. The minimum atomic E-state index is 0.247. The minimum absolute atomic E-state index is 0.247. The third-order valence-corrected chi connectivity index (χ3v) is 3.53. The van der Waals surface area contributed by atoms with E-state index in [4.69, 9.17) is 0 Å². The zero-order valence-electron chi connectivity index (χ0n) is 9.70. The smallest absolute Gasteiger partial charge is 0.134 e. The number of benzene rings is 1. The van der Waals surface area contributed by atoms with Crippen molar-refractivity contribution in [3.05, 3.63) is 34.9 Å². The highest BCUT2D eigenvalue weighted by Gasteiger charge is 2.32. The molecule has 84 valence electrons. The lowest BCUT2D eigenvalue weighted by Crippen LogP contribution is -2.18. The number of carbonyl (C=O) groups is 1. The van der Waals surface area contributed by atoms with E-state index in [2.05, 4.69) is 23.1 Å². The van der Waals surface area contributed by atoms with Gasteiger partial charge in [-0.25, -0.2) is 0 Å². The summed E-state index contributed by atoms with van der Waals surface area (Å²) in [4.78, 5) is 13.6. The van der Waals surface area contributed by atoms with Crippen molar-refractivity contribution in [2.45, 2.75) is 45.3 Å². The highest BCUT2D eigenvalue weighted by atomic mass is 16.1. The molecule has 2 heteroatoms. The van der Waals surface area contributed by atoms with Crippen molar-refractivity contribution in [2.75, 3.05) is 0 Å². The van der Waals surface area contributed by atoms with Crippen LogP contribution in [0.5, 0.6) is 0 Å². The maximum absolute atomic E-state index is 11.1. The molecular weight excluding hydrogens is 198 g/mol. The second-order valence-corrected chi connectivity index (χ2v) is 5.12. The van der Waals surface area contributed by atoms with Gasteiger partial charge in [0, 0.05) is 25.6 Å². The number of fused-ring (bicyclic) bond motifs is 1. The fourth-order valence-electron chi connectivity index (χ4n) is 2.57. The number of carbonyl (C=O) groups excluding carboxylic acids is 1. The van der Waals surface area contributed by atoms with Crippen molar-refractivity contribution in [1.29, 1.82) is 0 Å². The number of rotatable bonds is 3. The van der Waals surface area contributed by atoms with Crippen molar-refractivity contribution in [2.24, 2.45) is 0 Å². The Labute approximate surface area is 96.3 Å². The number of hydrogen-bond acceptors (Lipinski definition) is 2. The van der Waals surface area contributed by atoms with Gasteiger partial charge in [0.25, 0.3) is 0 Å². The maximum Gasteiger partial charge on any atom is 0.134 e. The van der Waals surface area contributed by atoms with E-state index in [0.717, 1.165) is 19.1 Å². The van der Waals surface area contributed by atoms with Gasteiger partial charge in [0.2, 0.25) is 0 Å². The lowest BCUT2D eigenvalue weighted by Gasteiger charge is -2.11. The normalized spacial score (nSPS) is 19.8. The molecule has 1 aromatic carbocycles. The van der Waals surface area contributed by atoms with E-state index in [1.807, 2.05) is 0 Å². The summed E-state index contributed by atoms with van der Waals surface area (Å²) in [6, 6.07) is 7.37. The first-order valence-electron chi connectivity index (χ1n) is 6.06. The molecule has 0 N–H and O–H groups in total. The molecule has 0 radical (unpaired) electrons. The minimum Gasteiger partial charge on any atom is -0.300 e. The second kappa shape index (κ2) is 3.70. The van der Waals surface area contributed by atoms with Crippen LogP contribution in [-0.2, 0) is 24.3 Å². The van der Waals surface area contributed by atoms with Gasteiger partial charge in [-0.15, -0.1) is 0 Å². The Bertz CT molecular complexity index is 434. The maximum atomic E-state index is 11.1. The largest absolute Gasteiger partial charge is 0.300 e. The Kier molecular flexibility index (Phi) is 2.32. The van der Waals surface area contributed by atoms with Crippen LogP contribution in [0.4, 0.5) is 0 Å². The number of hydrogen-bond donors (Lipinski definition) is 0. The predicted octanol–water partition coefficient (Wildman–Crippen LogP) is 2.30. The van der Waals surface area contributed by atoms with Crippen LogP contribution < -0.4 is 0 Å². The fraction of sp³-hybridized carbons (Fsp3) is 0.500. The van der Waals surface area contributed by atoms with Gasteiger partial charge in [0.1, 0.15) is 5.78 Å². The third-order valence-electron chi connectivity index (χ3n) is 3.53. The van der Waals surface area contributed by atoms with Crippen LogP contribution in [0.3, 0.4) is 0 Å². The van der Waals surface area contributed by atoms with Gasteiger partial charge >= 0.3 is 0 Å². The molecule has 0 amide bonds. The van der Waals surface area contributed by atoms with Crippen LogP contribution in [0.1, 0.15) is 36.5 Å². The van der Waals surface area contributed by atoms with E-state index in [0.29, 0.717) is 6.42 Å². The van der Waals surface area contributed by atoms with Gasteiger partial charge in [-0.1, -0.05) is 18.2 Å². The molecule has 0 aromatic heterocycles. The summed E-state index contributed by atoms with van der Waals surface area (Å²) in [6.07, 6.45) is 3.32. The Morgan fingerprint density at radius 2 is 2.06 bits per heavy atom. The molecule has 16 heavy (non-hydrogen) atoms. The quantitative estimate of drug-likeness (QED) is 0.771. The molecule has 0 bridgehead atoms. The van der Waals surface area contributed by atoms with Crippen molar-refractivity contribution in [3.63, 3.8) is 0 Å². The molecule has 1 aromatic rings. The van der Waals surface area contributed by atoms with Gasteiger partial charge in [0.05, 0.1) is 0 Å². The monoisotopic (exact) mass is 215 g/mol. The van der Waals surface area contributed by atoms with Crippen LogP contribution in [-0.4, -0.2) is 16.7 Å². The summed E-state index contributed by atoms with van der Waals surface area (Å²) in [5.74, 6) is 0.247. The van der Waals surface area contributed by atoms with Crippen molar-refractivity contribution >= 4 is 5.78 Å². The molecule has 2 aliphatic rings. The Morgan fingerprint density at radius 3 is 2.75 bits per heavy atom. The molecule has 1 aliphatic heterocycles. The second-order valence-electron chi connectivity index (χ2n) is 5.12. The van der Waals surface area contributed by atoms with E-state index >= 15 is 0 Å². The molecule has 0 unspecified atom stereocenters. The van der Waals surface area contributed by atoms with E-state index in [9.17, 15) is 4.79 Å². The summed E-state index contributed by atoms with van der Waals surface area (Å²) in [5.41, 5.74) is 4.06. The summed E-state index contributed by atoms with van der Waals surface area (Å²) in [6.45, 7) is 3.86. The Hall–Kier alpha value is -1.15. The highest BCUT2D eigenvalue weighted by Crippen LogP contribution is 2.34. The van der Waals surface area contributed by atoms with Crippen LogP contribution in [0.2, 0.25) is 0 Å². The van der Waals surface area contributed by atoms with Gasteiger partial charge in [-0.2, -0.15) is 0 Å². The lowest BCUT2D eigenvalue weighted by molar-refractivity contribution is -0.116. The van der Waals surface area contributed by atoms with Crippen LogP contribution in [0.25, 0.3) is 0 Å². The first-order valence-corrected chi connectivity index (χ1v) is 6.06. The summed E-state index contributed by atoms with van der Waals surface area (Å²) < 4.78 is 0. The molecule has 1 heterocycles. The lowest BCUT2D eigenvalue weighted by atomic mass is 10.0. The third kappa shape index (κ3) is 1.90. The zero-order chi connectivity index (χ0) is 11.1.